The van der Waals surface area contributed by atoms with Gasteiger partial charge in [0.2, 0.25) is 5.76 Å². The average molecular weight is 267 g/mol. The molecule has 5 heteroatoms. The molecule has 0 aromatic carbocycles. The molecule has 0 N–H and O–H groups in total. The molecule has 1 aromatic heterocycles. The van der Waals surface area contributed by atoms with Crippen molar-refractivity contribution in [1.29, 1.82) is 0 Å². The molecule has 0 spiro atoms. The molecule has 2 heterocycles. The second-order valence-corrected chi connectivity index (χ2v) is 4.90. The second-order valence-electron chi connectivity index (χ2n) is 4.90. The Balaban J connectivity index is 2.07. The van der Waals surface area contributed by atoms with E-state index in [1.54, 1.807) is 6.07 Å². The van der Waals surface area contributed by atoms with E-state index >= 15 is 0 Å². The topological polar surface area (TPSA) is 51.9 Å². The van der Waals surface area contributed by atoms with Crippen LogP contribution in [0.1, 0.15) is 42.6 Å². The Hall–Kier alpha value is -1.33. The van der Waals surface area contributed by atoms with Crippen LogP contribution < -0.4 is 0 Å². The number of nitrogens with zero attached hydrogens (tertiary/aromatic N) is 1. The third kappa shape index (κ3) is 3.36. The highest BCUT2D eigenvalue weighted by atomic mass is 16.5. The van der Waals surface area contributed by atoms with Crippen LogP contribution in [0.2, 0.25) is 0 Å². The molecule has 2 unspecified atom stereocenters. The summed E-state index contributed by atoms with van der Waals surface area (Å²) in [6.45, 7) is 6.80. The van der Waals surface area contributed by atoms with Gasteiger partial charge in [-0.1, -0.05) is 0 Å². The van der Waals surface area contributed by atoms with Gasteiger partial charge in [0.15, 0.2) is 0 Å². The highest BCUT2D eigenvalue weighted by Gasteiger charge is 2.24. The van der Waals surface area contributed by atoms with Gasteiger partial charge >= 0.3 is 5.97 Å². The Kier molecular flexibility index (Phi) is 4.61. The number of carbonyl (C=O) groups excluding carboxylic acids is 1. The number of hydrogen-bond donors (Lipinski definition) is 0. The van der Waals surface area contributed by atoms with E-state index < -0.39 is 5.97 Å². The minimum absolute atomic E-state index is 0.127. The van der Waals surface area contributed by atoms with Crippen molar-refractivity contribution in [3.8, 4) is 0 Å². The lowest BCUT2D eigenvalue weighted by Crippen LogP contribution is -2.32. The molecule has 106 valence electrons. The minimum atomic E-state index is -0.439. The monoisotopic (exact) mass is 267 g/mol. The van der Waals surface area contributed by atoms with E-state index in [9.17, 15) is 4.79 Å². The van der Waals surface area contributed by atoms with Gasteiger partial charge in [-0.3, -0.25) is 4.90 Å². The fourth-order valence-electron chi connectivity index (χ4n) is 2.35. The zero-order valence-electron chi connectivity index (χ0n) is 11.7. The smallest absolute Gasteiger partial charge is 0.373 e. The number of furan rings is 1. The third-order valence-corrected chi connectivity index (χ3v) is 3.46. The van der Waals surface area contributed by atoms with E-state index in [4.69, 9.17) is 9.15 Å². The van der Waals surface area contributed by atoms with Crippen LogP contribution in [0.15, 0.2) is 16.5 Å². The van der Waals surface area contributed by atoms with Crippen molar-refractivity contribution < 1.29 is 18.7 Å². The van der Waals surface area contributed by atoms with Gasteiger partial charge in [-0.25, -0.2) is 4.79 Å². The first-order valence-electron chi connectivity index (χ1n) is 6.65. The maximum absolute atomic E-state index is 11.4. The predicted molar refractivity (Wildman–Crippen MR) is 70.1 cm³/mol. The molecule has 0 aliphatic carbocycles. The summed E-state index contributed by atoms with van der Waals surface area (Å²) in [5, 5.41) is 0. The van der Waals surface area contributed by atoms with E-state index in [2.05, 4.69) is 23.5 Å². The fourth-order valence-corrected chi connectivity index (χ4v) is 2.35. The summed E-state index contributed by atoms with van der Waals surface area (Å²) < 4.78 is 15.8. The highest BCUT2D eigenvalue weighted by Crippen LogP contribution is 2.24. The molecule has 2 rings (SSSR count). The molecule has 2 atom stereocenters. The van der Waals surface area contributed by atoms with Crippen molar-refractivity contribution >= 4 is 5.97 Å². The zero-order valence-corrected chi connectivity index (χ0v) is 11.7. The van der Waals surface area contributed by atoms with Crippen LogP contribution in [-0.2, 0) is 9.47 Å². The number of carbonyl (C=O) groups is 1. The van der Waals surface area contributed by atoms with E-state index in [0.29, 0.717) is 0 Å². The molecule has 1 fully saturated rings. The van der Waals surface area contributed by atoms with Gasteiger partial charge in [0.05, 0.1) is 19.3 Å². The molecule has 19 heavy (non-hydrogen) atoms. The van der Waals surface area contributed by atoms with Crippen molar-refractivity contribution in [2.75, 3.05) is 26.8 Å². The quantitative estimate of drug-likeness (QED) is 0.786. The highest BCUT2D eigenvalue weighted by molar-refractivity contribution is 5.86. The SMILES string of the molecule is COC(=O)c1ccc(C(C)N2CCCOC(C)C2)o1. The van der Waals surface area contributed by atoms with Gasteiger partial charge in [0, 0.05) is 19.7 Å². The van der Waals surface area contributed by atoms with Gasteiger partial charge in [0.25, 0.3) is 0 Å². The largest absolute Gasteiger partial charge is 0.463 e. The summed E-state index contributed by atoms with van der Waals surface area (Å²) in [7, 11) is 1.35. The molecule has 0 radical (unpaired) electrons. The molecule has 1 aliphatic heterocycles. The minimum Gasteiger partial charge on any atom is -0.463 e. The number of methoxy groups -OCH3 is 1. The van der Waals surface area contributed by atoms with Gasteiger partial charge in [-0.15, -0.1) is 0 Å². The summed E-state index contributed by atoms with van der Waals surface area (Å²) in [6, 6.07) is 3.63. The van der Waals surface area contributed by atoms with E-state index in [-0.39, 0.29) is 17.9 Å². The van der Waals surface area contributed by atoms with Crippen LogP contribution in [-0.4, -0.2) is 43.8 Å². The van der Waals surface area contributed by atoms with Crippen LogP contribution in [0.5, 0.6) is 0 Å². The zero-order chi connectivity index (χ0) is 13.8. The lowest BCUT2D eigenvalue weighted by Gasteiger charge is -2.27. The predicted octanol–water partition coefficient (Wildman–Crippen LogP) is 2.24. The summed E-state index contributed by atoms with van der Waals surface area (Å²) in [5.74, 6) is 0.601. The average Bonchev–Trinajstić information content (AvgIpc) is 2.80. The van der Waals surface area contributed by atoms with Gasteiger partial charge < -0.3 is 13.9 Å². The van der Waals surface area contributed by atoms with Gasteiger partial charge in [0.1, 0.15) is 5.76 Å². The maximum Gasteiger partial charge on any atom is 0.373 e. The summed E-state index contributed by atoms with van der Waals surface area (Å²) in [4.78, 5) is 13.7. The Morgan fingerprint density at radius 1 is 1.53 bits per heavy atom. The molecule has 1 saturated heterocycles. The number of ether oxygens (including phenoxy) is 2. The first kappa shape index (κ1) is 14.1. The second kappa shape index (κ2) is 6.21. The number of esters is 1. The maximum atomic E-state index is 11.4. The molecule has 0 saturated carbocycles. The first-order chi connectivity index (χ1) is 9.11. The van der Waals surface area contributed by atoms with Crippen molar-refractivity contribution in [2.24, 2.45) is 0 Å². The van der Waals surface area contributed by atoms with Gasteiger partial charge in [-0.05, 0) is 32.4 Å². The summed E-state index contributed by atoms with van der Waals surface area (Å²) in [5.41, 5.74) is 0. The standard InChI is InChI=1S/C14H21NO4/c1-10-9-15(7-4-8-18-10)11(2)12-5-6-13(19-12)14(16)17-3/h5-6,10-11H,4,7-9H2,1-3H3. The Morgan fingerprint density at radius 3 is 3.05 bits per heavy atom. The Labute approximate surface area is 113 Å². The summed E-state index contributed by atoms with van der Waals surface area (Å²) in [6.07, 6.45) is 1.24. The van der Waals surface area contributed by atoms with Crippen molar-refractivity contribution in [1.82, 2.24) is 4.90 Å². The fraction of sp³-hybridized carbons (Fsp3) is 0.643. The molecule has 5 nitrogen and oxygen atoms in total. The van der Waals surface area contributed by atoms with Gasteiger partial charge in [-0.2, -0.15) is 0 Å². The van der Waals surface area contributed by atoms with Crippen molar-refractivity contribution in [3.63, 3.8) is 0 Å². The number of rotatable bonds is 3. The van der Waals surface area contributed by atoms with Crippen molar-refractivity contribution in [3.05, 3.63) is 23.7 Å². The molecular weight excluding hydrogens is 246 g/mol. The number of hydrogen-bond acceptors (Lipinski definition) is 5. The molecule has 1 aromatic rings. The third-order valence-electron chi connectivity index (χ3n) is 3.46. The normalized spacial score (nSPS) is 22.8. The van der Waals surface area contributed by atoms with Crippen LogP contribution in [0.4, 0.5) is 0 Å². The molecule has 0 amide bonds. The van der Waals surface area contributed by atoms with Crippen LogP contribution in [0, 0.1) is 0 Å². The Morgan fingerprint density at radius 2 is 2.32 bits per heavy atom. The van der Waals surface area contributed by atoms with Crippen LogP contribution in [0.3, 0.4) is 0 Å². The Bertz CT molecular complexity index is 429. The van der Waals surface area contributed by atoms with Crippen molar-refractivity contribution in [2.45, 2.75) is 32.4 Å². The van der Waals surface area contributed by atoms with Crippen LogP contribution >= 0.6 is 0 Å². The van der Waals surface area contributed by atoms with E-state index in [0.717, 1.165) is 31.9 Å². The molecule has 1 aliphatic rings. The summed E-state index contributed by atoms with van der Waals surface area (Å²) >= 11 is 0. The molecular formula is C14H21NO4. The van der Waals surface area contributed by atoms with E-state index in [1.807, 2.05) is 6.07 Å². The first-order valence-corrected chi connectivity index (χ1v) is 6.65. The lowest BCUT2D eigenvalue weighted by molar-refractivity contribution is 0.0540. The van der Waals surface area contributed by atoms with Crippen LogP contribution in [0.25, 0.3) is 0 Å². The molecule has 0 bridgehead atoms. The lowest BCUT2D eigenvalue weighted by atomic mass is 10.2. The van der Waals surface area contributed by atoms with E-state index in [1.165, 1.54) is 7.11 Å².